The largest absolute Gasteiger partial charge is 0.465 e. The fourth-order valence-corrected chi connectivity index (χ4v) is 2.88. The standard InChI is InChI=1S/C22H24N2O2/c1-22(2,3)19-11-9-17(10-12-19)20-23-13-14-24(20)15-16-5-7-18(8-6-16)21(25)26-4/h5-14H,15H2,1-4H3. The maximum Gasteiger partial charge on any atom is 0.337 e. The van der Waals surface area contributed by atoms with Crippen LogP contribution in [0.25, 0.3) is 11.4 Å². The molecule has 0 aliphatic carbocycles. The molecular formula is C22H24N2O2. The van der Waals surface area contributed by atoms with E-state index in [9.17, 15) is 4.79 Å². The Bertz CT molecular complexity index is 885. The minimum absolute atomic E-state index is 0.134. The van der Waals surface area contributed by atoms with Crippen molar-refractivity contribution in [2.45, 2.75) is 32.7 Å². The number of benzene rings is 2. The quantitative estimate of drug-likeness (QED) is 0.643. The smallest absolute Gasteiger partial charge is 0.337 e. The van der Waals surface area contributed by atoms with Gasteiger partial charge in [-0.1, -0.05) is 57.2 Å². The second-order valence-corrected chi connectivity index (χ2v) is 7.39. The lowest BCUT2D eigenvalue weighted by molar-refractivity contribution is 0.0600. The molecule has 134 valence electrons. The van der Waals surface area contributed by atoms with Crippen LogP contribution in [0.3, 0.4) is 0 Å². The third-order valence-corrected chi connectivity index (χ3v) is 4.45. The van der Waals surface area contributed by atoms with E-state index < -0.39 is 0 Å². The average Bonchev–Trinajstić information content (AvgIpc) is 3.09. The average molecular weight is 348 g/mol. The van der Waals surface area contributed by atoms with Gasteiger partial charge in [0.1, 0.15) is 5.82 Å². The van der Waals surface area contributed by atoms with Gasteiger partial charge in [-0.2, -0.15) is 0 Å². The van der Waals surface area contributed by atoms with Crippen molar-refractivity contribution in [3.05, 3.63) is 77.6 Å². The molecule has 26 heavy (non-hydrogen) atoms. The lowest BCUT2D eigenvalue weighted by Gasteiger charge is -2.19. The molecule has 1 heterocycles. The van der Waals surface area contributed by atoms with Gasteiger partial charge in [-0.3, -0.25) is 0 Å². The summed E-state index contributed by atoms with van der Waals surface area (Å²) >= 11 is 0. The molecule has 0 unspecified atom stereocenters. The number of hydrogen-bond acceptors (Lipinski definition) is 3. The molecule has 0 saturated carbocycles. The lowest BCUT2D eigenvalue weighted by Crippen LogP contribution is -2.10. The third-order valence-electron chi connectivity index (χ3n) is 4.45. The molecule has 0 aliphatic heterocycles. The predicted octanol–water partition coefficient (Wildman–Crippen LogP) is 4.68. The number of carbonyl (C=O) groups excluding carboxylic acids is 1. The molecule has 0 N–H and O–H groups in total. The number of esters is 1. The van der Waals surface area contributed by atoms with E-state index in [2.05, 4.69) is 54.6 Å². The van der Waals surface area contributed by atoms with Gasteiger partial charge in [0, 0.05) is 24.5 Å². The normalized spacial score (nSPS) is 11.4. The van der Waals surface area contributed by atoms with E-state index in [1.54, 1.807) is 12.1 Å². The van der Waals surface area contributed by atoms with Gasteiger partial charge in [-0.25, -0.2) is 9.78 Å². The molecule has 4 nitrogen and oxygen atoms in total. The van der Waals surface area contributed by atoms with Crippen LogP contribution in [0.4, 0.5) is 0 Å². The molecule has 0 bridgehead atoms. The topological polar surface area (TPSA) is 44.1 Å². The van der Waals surface area contributed by atoms with E-state index in [0.29, 0.717) is 12.1 Å². The van der Waals surface area contributed by atoms with Gasteiger partial charge in [0.2, 0.25) is 0 Å². The van der Waals surface area contributed by atoms with Crippen molar-refractivity contribution in [3.8, 4) is 11.4 Å². The van der Waals surface area contributed by atoms with Gasteiger partial charge in [0.05, 0.1) is 12.7 Å². The van der Waals surface area contributed by atoms with Crippen molar-refractivity contribution in [1.82, 2.24) is 9.55 Å². The molecule has 0 atom stereocenters. The Morgan fingerprint density at radius 2 is 1.69 bits per heavy atom. The first kappa shape index (κ1) is 17.9. The molecule has 3 aromatic rings. The molecule has 0 saturated heterocycles. The summed E-state index contributed by atoms with van der Waals surface area (Å²) < 4.78 is 6.85. The highest BCUT2D eigenvalue weighted by atomic mass is 16.5. The SMILES string of the molecule is COC(=O)c1ccc(Cn2ccnc2-c2ccc(C(C)(C)C)cc2)cc1. The third kappa shape index (κ3) is 3.85. The van der Waals surface area contributed by atoms with Crippen LogP contribution in [-0.2, 0) is 16.7 Å². The number of methoxy groups -OCH3 is 1. The number of ether oxygens (including phenoxy) is 1. The summed E-state index contributed by atoms with van der Waals surface area (Å²) in [5.74, 6) is 0.612. The van der Waals surface area contributed by atoms with Crippen molar-refractivity contribution in [1.29, 1.82) is 0 Å². The fourth-order valence-electron chi connectivity index (χ4n) is 2.88. The van der Waals surface area contributed by atoms with Gasteiger partial charge >= 0.3 is 5.97 Å². The van der Waals surface area contributed by atoms with Gasteiger partial charge in [0.15, 0.2) is 0 Å². The van der Waals surface area contributed by atoms with Crippen molar-refractivity contribution < 1.29 is 9.53 Å². The van der Waals surface area contributed by atoms with Crippen LogP contribution < -0.4 is 0 Å². The number of carbonyl (C=O) groups is 1. The summed E-state index contributed by atoms with van der Waals surface area (Å²) in [6.07, 6.45) is 3.79. The highest BCUT2D eigenvalue weighted by Crippen LogP contribution is 2.25. The van der Waals surface area contributed by atoms with Gasteiger partial charge in [0.25, 0.3) is 0 Å². The molecular weight excluding hydrogens is 324 g/mol. The van der Waals surface area contributed by atoms with E-state index in [4.69, 9.17) is 4.74 Å². The Labute approximate surface area is 154 Å². The van der Waals surface area contributed by atoms with Gasteiger partial charge in [-0.05, 0) is 28.7 Å². The fraction of sp³-hybridized carbons (Fsp3) is 0.273. The Morgan fingerprint density at radius 3 is 2.27 bits per heavy atom. The Kier molecular flexibility index (Phi) is 4.94. The first-order chi connectivity index (χ1) is 12.4. The Balaban J connectivity index is 1.81. The van der Waals surface area contributed by atoms with E-state index in [1.807, 2.05) is 24.5 Å². The first-order valence-corrected chi connectivity index (χ1v) is 8.68. The zero-order valence-corrected chi connectivity index (χ0v) is 15.7. The molecule has 1 aromatic heterocycles. The summed E-state index contributed by atoms with van der Waals surface area (Å²) in [5, 5.41) is 0. The van der Waals surface area contributed by atoms with Gasteiger partial charge in [-0.15, -0.1) is 0 Å². The van der Waals surface area contributed by atoms with E-state index in [-0.39, 0.29) is 11.4 Å². The molecule has 2 aromatic carbocycles. The molecule has 0 radical (unpaired) electrons. The summed E-state index contributed by atoms with van der Waals surface area (Å²) in [7, 11) is 1.39. The highest BCUT2D eigenvalue weighted by Gasteiger charge is 2.14. The number of imidazole rings is 1. The van der Waals surface area contributed by atoms with Crippen LogP contribution in [0.15, 0.2) is 60.9 Å². The van der Waals surface area contributed by atoms with Crippen LogP contribution in [0.1, 0.15) is 42.3 Å². The zero-order chi connectivity index (χ0) is 18.7. The molecule has 0 spiro atoms. The van der Waals surface area contributed by atoms with Crippen LogP contribution in [0.5, 0.6) is 0 Å². The lowest BCUT2D eigenvalue weighted by atomic mass is 9.87. The zero-order valence-electron chi connectivity index (χ0n) is 15.7. The van der Waals surface area contributed by atoms with E-state index in [1.165, 1.54) is 12.7 Å². The molecule has 0 amide bonds. The second kappa shape index (κ2) is 7.16. The number of hydrogen-bond donors (Lipinski definition) is 0. The molecule has 0 aliphatic rings. The Hall–Kier alpha value is -2.88. The summed E-state index contributed by atoms with van der Waals surface area (Å²) in [4.78, 5) is 16.1. The second-order valence-electron chi connectivity index (χ2n) is 7.39. The Morgan fingerprint density at radius 1 is 1.04 bits per heavy atom. The maximum absolute atomic E-state index is 11.5. The van der Waals surface area contributed by atoms with Crippen molar-refractivity contribution in [3.63, 3.8) is 0 Å². The van der Waals surface area contributed by atoms with Crippen LogP contribution in [0, 0.1) is 0 Å². The molecule has 0 fully saturated rings. The maximum atomic E-state index is 11.5. The van der Waals surface area contributed by atoms with E-state index in [0.717, 1.165) is 17.0 Å². The monoisotopic (exact) mass is 348 g/mol. The van der Waals surface area contributed by atoms with E-state index >= 15 is 0 Å². The molecule has 4 heteroatoms. The minimum Gasteiger partial charge on any atom is -0.465 e. The number of nitrogens with zero attached hydrogens (tertiary/aromatic N) is 2. The molecule has 3 rings (SSSR count). The van der Waals surface area contributed by atoms with Gasteiger partial charge < -0.3 is 9.30 Å². The summed E-state index contributed by atoms with van der Waals surface area (Å²) in [6, 6.07) is 16.0. The van der Waals surface area contributed by atoms with Crippen molar-refractivity contribution >= 4 is 5.97 Å². The van der Waals surface area contributed by atoms with Crippen LogP contribution in [0.2, 0.25) is 0 Å². The minimum atomic E-state index is -0.321. The van der Waals surface area contributed by atoms with Crippen LogP contribution >= 0.6 is 0 Å². The number of aromatic nitrogens is 2. The van der Waals surface area contributed by atoms with Crippen LogP contribution in [-0.4, -0.2) is 22.6 Å². The number of rotatable bonds is 4. The van der Waals surface area contributed by atoms with Crippen molar-refractivity contribution in [2.75, 3.05) is 7.11 Å². The first-order valence-electron chi connectivity index (χ1n) is 8.68. The highest BCUT2D eigenvalue weighted by molar-refractivity contribution is 5.89. The summed E-state index contributed by atoms with van der Waals surface area (Å²) in [5.41, 5.74) is 4.19. The van der Waals surface area contributed by atoms with Crippen molar-refractivity contribution in [2.24, 2.45) is 0 Å². The predicted molar refractivity (Wildman–Crippen MR) is 103 cm³/mol. The summed E-state index contributed by atoms with van der Waals surface area (Å²) in [6.45, 7) is 7.32.